The summed E-state index contributed by atoms with van der Waals surface area (Å²) in [5.74, 6) is 0. The smallest absolute Gasteiger partial charge is 0.0594 e. The van der Waals surface area contributed by atoms with Crippen LogP contribution < -0.4 is 11.5 Å². The zero-order valence-electron chi connectivity index (χ0n) is 9.00. The maximum Gasteiger partial charge on any atom is 0.0594 e. The van der Waals surface area contributed by atoms with Gasteiger partial charge in [-0.3, -0.25) is 0 Å². The third-order valence-corrected chi connectivity index (χ3v) is 3.76. The van der Waals surface area contributed by atoms with E-state index in [4.69, 9.17) is 11.5 Å². The van der Waals surface area contributed by atoms with Crippen molar-refractivity contribution in [3.05, 3.63) is 28.5 Å². The van der Waals surface area contributed by atoms with Gasteiger partial charge in [-0.05, 0) is 11.5 Å². The Morgan fingerprint density at radius 1 is 1.50 bits per heavy atom. The Hall–Kier alpha value is -0.800. The molecular formula is C11H18N2S. The minimum atomic E-state index is -0.143. The predicted octanol–water partition coefficient (Wildman–Crippen LogP) is 2.81. The van der Waals surface area contributed by atoms with Crippen molar-refractivity contribution < 1.29 is 0 Å². The van der Waals surface area contributed by atoms with Crippen LogP contribution in [0.25, 0.3) is 0 Å². The molecule has 1 atom stereocenters. The van der Waals surface area contributed by atoms with Crippen molar-refractivity contribution in [2.75, 3.05) is 5.73 Å². The van der Waals surface area contributed by atoms with Crippen LogP contribution in [-0.2, 0) is 5.41 Å². The zero-order chi connectivity index (χ0) is 10.9. The summed E-state index contributed by atoms with van der Waals surface area (Å²) < 4.78 is 0. The molecule has 2 nitrogen and oxygen atoms in total. The summed E-state index contributed by atoms with van der Waals surface area (Å²) in [4.78, 5) is 2.28. The first-order valence-corrected chi connectivity index (χ1v) is 5.45. The van der Waals surface area contributed by atoms with Crippen LogP contribution in [0.3, 0.4) is 0 Å². The molecule has 0 saturated heterocycles. The Morgan fingerprint density at radius 2 is 2.07 bits per heavy atom. The van der Waals surface area contributed by atoms with Crippen molar-refractivity contribution in [2.45, 2.75) is 32.2 Å². The minimum Gasteiger partial charge on any atom is -0.398 e. The number of anilines is 1. The number of rotatable bonds is 2. The summed E-state index contributed by atoms with van der Waals surface area (Å²) in [6, 6.07) is 1.87. The van der Waals surface area contributed by atoms with Gasteiger partial charge in [-0.1, -0.05) is 26.8 Å². The van der Waals surface area contributed by atoms with Gasteiger partial charge >= 0.3 is 0 Å². The average molecular weight is 210 g/mol. The van der Waals surface area contributed by atoms with Crippen LogP contribution in [0.1, 0.15) is 36.6 Å². The first kappa shape index (κ1) is 11.3. The Bertz CT molecular complexity index is 334. The number of hydrogen-bond acceptors (Lipinski definition) is 3. The van der Waals surface area contributed by atoms with Crippen LogP contribution >= 0.6 is 11.3 Å². The van der Waals surface area contributed by atoms with E-state index in [1.807, 2.05) is 6.07 Å². The fraction of sp³-hybridized carbons (Fsp3) is 0.455. The van der Waals surface area contributed by atoms with Crippen molar-refractivity contribution >= 4 is 17.0 Å². The monoisotopic (exact) mass is 210 g/mol. The van der Waals surface area contributed by atoms with E-state index in [-0.39, 0.29) is 11.5 Å². The Kier molecular flexibility index (Phi) is 3.02. The van der Waals surface area contributed by atoms with Crippen LogP contribution in [0.5, 0.6) is 0 Å². The highest BCUT2D eigenvalue weighted by atomic mass is 32.1. The molecule has 3 heteroatoms. The van der Waals surface area contributed by atoms with Crippen LogP contribution in [0, 0.1) is 0 Å². The van der Waals surface area contributed by atoms with Crippen LogP contribution in [0.2, 0.25) is 0 Å². The standard InChI is InChI=1S/C11H18N2S/c1-5-7(12)10-8(13)6-9(14-10)11(2,3)4/h5-7H,1,12-13H2,2-4H3/t7-/m0/s1. The lowest BCUT2D eigenvalue weighted by molar-refractivity contribution is 0.604. The SMILES string of the molecule is C=C[C@H](N)c1sc(C(C)(C)C)cc1N. The van der Waals surface area contributed by atoms with Gasteiger partial charge < -0.3 is 11.5 Å². The van der Waals surface area contributed by atoms with Gasteiger partial charge in [0.2, 0.25) is 0 Å². The van der Waals surface area contributed by atoms with Gasteiger partial charge in [0.25, 0.3) is 0 Å². The molecule has 78 valence electrons. The lowest BCUT2D eigenvalue weighted by Crippen LogP contribution is -2.08. The highest BCUT2D eigenvalue weighted by Gasteiger charge is 2.20. The largest absolute Gasteiger partial charge is 0.398 e. The number of nitrogen functional groups attached to an aromatic ring is 1. The molecule has 0 aliphatic heterocycles. The summed E-state index contributed by atoms with van der Waals surface area (Å²) >= 11 is 1.68. The molecule has 0 unspecified atom stereocenters. The van der Waals surface area contributed by atoms with Crippen molar-refractivity contribution in [2.24, 2.45) is 5.73 Å². The topological polar surface area (TPSA) is 52.0 Å². The lowest BCUT2D eigenvalue weighted by Gasteiger charge is -2.15. The average Bonchev–Trinajstić information content (AvgIpc) is 2.45. The number of hydrogen-bond donors (Lipinski definition) is 2. The quantitative estimate of drug-likeness (QED) is 0.737. The van der Waals surface area contributed by atoms with Crippen molar-refractivity contribution in [1.82, 2.24) is 0 Å². The fourth-order valence-corrected chi connectivity index (χ4v) is 2.29. The molecule has 1 heterocycles. The molecule has 4 N–H and O–H groups in total. The third-order valence-electron chi connectivity index (χ3n) is 2.09. The van der Waals surface area contributed by atoms with E-state index < -0.39 is 0 Å². The third kappa shape index (κ3) is 2.16. The molecule has 0 radical (unpaired) electrons. The molecule has 0 saturated carbocycles. The normalized spacial score (nSPS) is 14.0. The molecule has 0 aliphatic carbocycles. The Balaban J connectivity index is 3.11. The van der Waals surface area contributed by atoms with Gasteiger partial charge in [-0.15, -0.1) is 17.9 Å². The van der Waals surface area contributed by atoms with Gasteiger partial charge in [0.15, 0.2) is 0 Å². The second-order valence-electron chi connectivity index (χ2n) is 4.44. The van der Waals surface area contributed by atoms with E-state index in [0.29, 0.717) is 0 Å². The van der Waals surface area contributed by atoms with Crippen molar-refractivity contribution in [1.29, 1.82) is 0 Å². The summed E-state index contributed by atoms with van der Waals surface area (Å²) in [5, 5.41) is 0. The number of nitrogens with two attached hydrogens (primary N) is 2. The van der Waals surface area contributed by atoms with Gasteiger partial charge in [0.05, 0.1) is 6.04 Å². The molecular weight excluding hydrogens is 192 g/mol. The zero-order valence-corrected chi connectivity index (χ0v) is 9.82. The summed E-state index contributed by atoms with van der Waals surface area (Å²) in [5.41, 5.74) is 12.7. The first-order chi connectivity index (χ1) is 6.36. The van der Waals surface area contributed by atoms with Gasteiger partial charge in [-0.2, -0.15) is 0 Å². The molecule has 0 aliphatic rings. The second kappa shape index (κ2) is 3.75. The molecule has 0 fully saturated rings. The Morgan fingerprint density at radius 3 is 2.43 bits per heavy atom. The summed E-state index contributed by atoms with van der Waals surface area (Å²) in [6.45, 7) is 10.2. The molecule has 1 rings (SSSR count). The van der Waals surface area contributed by atoms with Crippen LogP contribution in [-0.4, -0.2) is 0 Å². The highest BCUT2D eigenvalue weighted by molar-refractivity contribution is 7.12. The van der Waals surface area contributed by atoms with Crippen LogP contribution in [0.15, 0.2) is 18.7 Å². The maximum atomic E-state index is 5.90. The maximum absolute atomic E-state index is 5.90. The van der Waals surface area contributed by atoms with Gasteiger partial charge in [0, 0.05) is 15.4 Å². The summed E-state index contributed by atoms with van der Waals surface area (Å²) in [6.07, 6.45) is 1.72. The molecule has 0 aromatic carbocycles. The van der Waals surface area contributed by atoms with Crippen LogP contribution in [0.4, 0.5) is 5.69 Å². The second-order valence-corrected chi connectivity index (χ2v) is 5.53. The lowest BCUT2D eigenvalue weighted by atomic mass is 9.94. The fourth-order valence-electron chi connectivity index (χ4n) is 1.16. The molecule has 1 aromatic heterocycles. The van der Waals surface area contributed by atoms with Crippen molar-refractivity contribution in [3.63, 3.8) is 0 Å². The molecule has 1 aromatic rings. The summed E-state index contributed by atoms with van der Waals surface area (Å²) in [7, 11) is 0. The highest BCUT2D eigenvalue weighted by Crippen LogP contribution is 2.36. The minimum absolute atomic E-state index is 0.137. The molecule has 0 amide bonds. The van der Waals surface area contributed by atoms with E-state index in [0.717, 1.165) is 10.6 Å². The van der Waals surface area contributed by atoms with E-state index in [9.17, 15) is 0 Å². The number of thiophene rings is 1. The Labute approximate surface area is 89.6 Å². The predicted molar refractivity (Wildman–Crippen MR) is 64.6 cm³/mol. The van der Waals surface area contributed by atoms with E-state index in [1.54, 1.807) is 17.4 Å². The molecule has 0 bridgehead atoms. The van der Waals surface area contributed by atoms with E-state index in [2.05, 4.69) is 27.4 Å². The van der Waals surface area contributed by atoms with Crippen molar-refractivity contribution in [3.8, 4) is 0 Å². The van der Waals surface area contributed by atoms with E-state index >= 15 is 0 Å². The first-order valence-electron chi connectivity index (χ1n) is 4.64. The van der Waals surface area contributed by atoms with Gasteiger partial charge in [0.1, 0.15) is 0 Å². The van der Waals surface area contributed by atoms with Gasteiger partial charge in [-0.25, -0.2) is 0 Å². The molecule has 14 heavy (non-hydrogen) atoms. The van der Waals surface area contributed by atoms with E-state index in [1.165, 1.54) is 4.88 Å². The molecule has 0 spiro atoms.